The molecule has 0 radical (unpaired) electrons. The SMILES string of the molecule is Cn1ncnc1CC(CCl)(CCl)c1ccc(Br)cc1. The first-order valence-corrected chi connectivity index (χ1v) is 7.68. The van der Waals surface area contributed by atoms with Crippen molar-refractivity contribution in [3.05, 3.63) is 46.5 Å². The van der Waals surface area contributed by atoms with Crippen LogP contribution in [0.1, 0.15) is 11.4 Å². The van der Waals surface area contributed by atoms with Crippen LogP contribution in [0.3, 0.4) is 0 Å². The molecule has 1 heterocycles. The Morgan fingerprint density at radius 3 is 2.32 bits per heavy atom. The van der Waals surface area contributed by atoms with Gasteiger partial charge in [-0.25, -0.2) is 4.98 Å². The van der Waals surface area contributed by atoms with E-state index in [-0.39, 0.29) is 5.41 Å². The summed E-state index contributed by atoms with van der Waals surface area (Å²) < 4.78 is 2.79. The minimum atomic E-state index is -0.329. The Morgan fingerprint density at radius 1 is 1.21 bits per heavy atom. The standard InChI is InChI=1S/C13H14BrCl2N3/c1-19-12(17-9-18-19)6-13(7-15,8-16)10-2-4-11(14)5-3-10/h2-5,9H,6-8H2,1H3. The summed E-state index contributed by atoms with van der Waals surface area (Å²) in [5.74, 6) is 1.75. The predicted molar refractivity (Wildman–Crippen MR) is 82.0 cm³/mol. The molecular formula is C13H14BrCl2N3. The van der Waals surface area contributed by atoms with Gasteiger partial charge in [0.1, 0.15) is 12.2 Å². The lowest BCUT2D eigenvalue weighted by atomic mass is 9.81. The van der Waals surface area contributed by atoms with Crippen molar-refractivity contribution in [3.63, 3.8) is 0 Å². The molecule has 0 amide bonds. The highest BCUT2D eigenvalue weighted by Crippen LogP contribution is 2.31. The fourth-order valence-electron chi connectivity index (χ4n) is 1.97. The second-order valence-corrected chi connectivity index (χ2v) is 5.98. The minimum absolute atomic E-state index is 0.329. The quantitative estimate of drug-likeness (QED) is 0.761. The van der Waals surface area contributed by atoms with E-state index in [4.69, 9.17) is 23.2 Å². The van der Waals surface area contributed by atoms with E-state index in [9.17, 15) is 0 Å². The summed E-state index contributed by atoms with van der Waals surface area (Å²) in [5.41, 5.74) is 0.786. The molecule has 6 heteroatoms. The van der Waals surface area contributed by atoms with Gasteiger partial charge < -0.3 is 0 Å². The smallest absolute Gasteiger partial charge is 0.138 e. The third-order valence-corrected chi connectivity index (χ3v) is 4.82. The second-order valence-electron chi connectivity index (χ2n) is 4.53. The average molecular weight is 363 g/mol. The van der Waals surface area contributed by atoms with Gasteiger partial charge in [0.25, 0.3) is 0 Å². The summed E-state index contributed by atoms with van der Waals surface area (Å²) in [6.45, 7) is 0. The molecule has 0 aliphatic rings. The van der Waals surface area contributed by atoms with Gasteiger partial charge in [-0.15, -0.1) is 23.2 Å². The third kappa shape index (κ3) is 3.12. The Hall–Kier alpha value is -0.580. The normalized spacial score (nSPS) is 11.8. The van der Waals surface area contributed by atoms with Gasteiger partial charge in [0.05, 0.1) is 0 Å². The maximum Gasteiger partial charge on any atom is 0.138 e. The van der Waals surface area contributed by atoms with Crippen LogP contribution in [0.4, 0.5) is 0 Å². The monoisotopic (exact) mass is 361 g/mol. The van der Waals surface area contributed by atoms with Crippen LogP contribution >= 0.6 is 39.1 Å². The molecule has 0 unspecified atom stereocenters. The van der Waals surface area contributed by atoms with Crippen molar-refractivity contribution in [2.75, 3.05) is 11.8 Å². The van der Waals surface area contributed by atoms with Crippen molar-refractivity contribution in [3.8, 4) is 0 Å². The summed E-state index contributed by atoms with van der Waals surface area (Å²) in [4.78, 5) is 4.26. The summed E-state index contributed by atoms with van der Waals surface area (Å²) in [7, 11) is 1.87. The fraction of sp³-hybridized carbons (Fsp3) is 0.385. The van der Waals surface area contributed by atoms with Crippen LogP contribution in [-0.4, -0.2) is 26.5 Å². The zero-order valence-electron chi connectivity index (χ0n) is 10.5. The van der Waals surface area contributed by atoms with Gasteiger partial charge in [-0.05, 0) is 17.7 Å². The first-order chi connectivity index (χ1) is 9.11. The molecule has 0 fully saturated rings. The topological polar surface area (TPSA) is 30.7 Å². The number of hydrogen-bond acceptors (Lipinski definition) is 2. The van der Waals surface area contributed by atoms with E-state index in [0.29, 0.717) is 18.2 Å². The number of nitrogens with zero attached hydrogens (tertiary/aromatic N) is 3. The summed E-state index contributed by atoms with van der Waals surface area (Å²) in [6.07, 6.45) is 2.21. The molecule has 0 N–H and O–H groups in total. The third-order valence-electron chi connectivity index (χ3n) is 3.27. The number of aromatic nitrogens is 3. The number of alkyl halides is 2. The first-order valence-electron chi connectivity index (χ1n) is 5.82. The predicted octanol–water partition coefficient (Wildman–Crippen LogP) is 3.54. The van der Waals surface area contributed by atoms with Crippen molar-refractivity contribution in [1.82, 2.24) is 14.8 Å². The van der Waals surface area contributed by atoms with E-state index in [1.54, 1.807) is 11.0 Å². The second kappa shape index (κ2) is 6.25. The molecule has 0 spiro atoms. The van der Waals surface area contributed by atoms with Crippen LogP contribution < -0.4 is 0 Å². The summed E-state index contributed by atoms with van der Waals surface area (Å²) in [5, 5.41) is 4.09. The van der Waals surface area contributed by atoms with Gasteiger partial charge in [0, 0.05) is 35.1 Å². The highest BCUT2D eigenvalue weighted by molar-refractivity contribution is 9.10. The Balaban J connectivity index is 2.37. The fourth-order valence-corrected chi connectivity index (χ4v) is 3.02. The number of hydrogen-bond donors (Lipinski definition) is 0. The van der Waals surface area contributed by atoms with E-state index < -0.39 is 0 Å². The molecule has 3 nitrogen and oxygen atoms in total. The number of benzene rings is 1. The van der Waals surface area contributed by atoms with Crippen molar-refractivity contribution in [2.45, 2.75) is 11.8 Å². The Morgan fingerprint density at radius 2 is 1.84 bits per heavy atom. The molecule has 0 aliphatic heterocycles. The van der Waals surface area contributed by atoms with Crippen LogP contribution in [0.5, 0.6) is 0 Å². The molecule has 0 atom stereocenters. The molecule has 1 aromatic carbocycles. The molecule has 1 aromatic heterocycles. The summed E-state index contributed by atoms with van der Waals surface area (Å²) in [6, 6.07) is 8.09. The highest BCUT2D eigenvalue weighted by atomic mass is 79.9. The lowest BCUT2D eigenvalue weighted by molar-refractivity contribution is 0.503. The Kier molecular flexibility index (Phi) is 4.87. The summed E-state index contributed by atoms with van der Waals surface area (Å²) >= 11 is 15.9. The Labute approximate surface area is 131 Å². The molecule has 0 aliphatic carbocycles. The molecule has 2 aromatic rings. The van der Waals surface area contributed by atoms with Gasteiger partial charge in [-0.1, -0.05) is 28.1 Å². The molecule has 0 saturated carbocycles. The molecule has 2 rings (SSSR count). The minimum Gasteiger partial charge on any atom is -0.253 e. The van der Waals surface area contributed by atoms with Crippen LogP contribution in [0.25, 0.3) is 0 Å². The van der Waals surface area contributed by atoms with Gasteiger partial charge in [0.2, 0.25) is 0 Å². The van der Waals surface area contributed by atoms with E-state index in [1.165, 1.54) is 0 Å². The van der Waals surface area contributed by atoms with Gasteiger partial charge in [-0.2, -0.15) is 5.10 Å². The molecule has 0 saturated heterocycles. The molecule has 102 valence electrons. The number of rotatable bonds is 5. The van der Waals surface area contributed by atoms with E-state index in [0.717, 1.165) is 15.9 Å². The zero-order chi connectivity index (χ0) is 13.9. The van der Waals surface area contributed by atoms with Gasteiger partial charge >= 0.3 is 0 Å². The van der Waals surface area contributed by atoms with Crippen LogP contribution in [0.15, 0.2) is 35.1 Å². The lowest BCUT2D eigenvalue weighted by Crippen LogP contribution is -2.34. The van der Waals surface area contributed by atoms with Crippen LogP contribution in [0.2, 0.25) is 0 Å². The number of halogens is 3. The number of aryl methyl sites for hydroxylation is 1. The average Bonchev–Trinajstić information content (AvgIpc) is 2.82. The molecule has 19 heavy (non-hydrogen) atoms. The largest absolute Gasteiger partial charge is 0.253 e. The van der Waals surface area contributed by atoms with E-state index in [2.05, 4.69) is 26.0 Å². The van der Waals surface area contributed by atoms with Crippen molar-refractivity contribution < 1.29 is 0 Å². The maximum absolute atomic E-state index is 6.21. The van der Waals surface area contributed by atoms with E-state index in [1.807, 2.05) is 31.3 Å². The van der Waals surface area contributed by atoms with Crippen molar-refractivity contribution in [2.24, 2.45) is 7.05 Å². The van der Waals surface area contributed by atoms with Gasteiger partial charge in [-0.3, -0.25) is 4.68 Å². The molecule has 0 bridgehead atoms. The maximum atomic E-state index is 6.21. The Bertz CT molecular complexity index is 535. The van der Waals surface area contributed by atoms with Crippen molar-refractivity contribution >= 4 is 39.1 Å². The zero-order valence-corrected chi connectivity index (χ0v) is 13.6. The highest BCUT2D eigenvalue weighted by Gasteiger charge is 2.32. The van der Waals surface area contributed by atoms with E-state index >= 15 is 0 Å². The van der Waals surface area contributed by atoms with Crippen LogP contribution in [0, 0.1) is 0 Å². The van der Waals surface area contributed by atoms with Crippen molar-refractivity contribution in [1.29, 1.82) is 0 Å². The molecular weight excluding hydrogens is 349 g/mol. The lowest BCUT2D eigenvalue weighted by Gasteiger charge is -2.29. The first kappa shape index (κ1) is 14.8. The van der Waals surface area contributed by atoms with Crippen LogP contribution in [-0.2, 0) is 18.9 Å². The van der Waals surface area contributed by atoms with Gasteiger partial charge in [0.15, 0.2) is 0 Å².